The van der Waals surface area contributed by atoms with Gasteiger partial charge >= 0.3 is 5.97 Å². The Morgan fingerprint density at radius 1 is 1.00 bits per heavy atom. The predicted molar refractivity (Wildman–Crippen MR) is 151 cm³/mol. The van der Waals surface area contributed by atoms with Gasteiger partial charge in [0.15, 0.2) is 0 Å². The summed E-state index contributed by atoms with van der Waals surface area (Å²) in [6.45, 7) is 10.6. The quantitative estimate of drug-likeness (QED) is 0.319. The average molecular weight is 534 g/mol. The molecule has 2 fully saturated rings. The fraction of sp³-hybridized carbons (Fsp3) is 0.567. The van der Waals surface area contributed by atoms with Crippen LogP contribution >= 0.6 is 0 Å². The molecule has 9 nitrogen and oxygen atoms in total. The van der Waals surface area contributed by atoms with Crippen LogP contribution in [0.4, 0.5) is 0 Å². The Morgan fingerprint density at radius 2 is 1.59 bits per heavy atom. The number of likely N-dealkylation sites (tertiary alicyclic amines) is 2. The van der Waals surface area contributed by atoms with Crippen molar-refractivity contribution in [2.75, 3.05) is 19.6 Å². The van der Waals surface area contributed by atoms with Crippen molar-refractivity contribution in [3.63, 3.8) is 0 Å². The predicted octanol–water partition coefficient (Wildman–Crippen LogP) is 4.26. The minimum Gasteiger partial charge on any atom is -0.480 e. The van der Waals surface area contributed by atoms with Crippen molar-refractivity contribution in [3.8, 4) is 0 Å². The molecule has 1 unspecified atom stereocenters. The van der Waals surface area contributed by atoms with Crippen molar-refractivity contribution >= 4 is 5.97 Å². The third kappa shape index (κ3) is 6.77. The molecule has 1 atom stereocenters. The number of rotatable bonds is 12. The van der Waals surface area contributed by atoms with Gasteiger partial charge in [0.2, 0.25) is 0 Å². The van der Waals surface area contributed by atoms with E-state index in [-0.39, 0.29) is 11.5 Å². The fourth-order valence-corrected chi connectivity index (χ4v) is 6.63. The molecular weight excluding hydrogens is 490 g/mol. The zero-order valence-corrected chi connectivity index (χ0v) is 23.4. The third-order valence-corrected chi connectivity index (χ3v) is 8.85. The highest BCUT2D eigenvalue weighted by atomic mass is 16.4. The lowest BCUT2D eigenvalue weighted by Crippen LogP contribution is -2.44. The molecule has 0 radical (unpaired) electrons. The van der Waals surface area contributed by atoms with Crippen LogP contribution < -0.4 is 0 Å². The van der Waals surface area contributed by atoms with Gasteiger partial charge in [-0.1, -0.05) is 38.1 Å². The number of piperidine rings is 1. The van der Waals surface area contributed by atoms with Crippen molar-refractivity contribution in [3.05, 3.63) is 71.8 Å². The van der Waals surface area contributed by atoms with Crippen LogP contribution in [0.2, 0.25) is 0 Å². The Balaban J connectivity index is 1.15. The number of nitrogens with one attached hydrogen (secondary N) is 2. The van der Waals surface area contributed by atoms with Crippen LogP contribution in [-0.4, -0.2) is 77.4 Å². The molecule has 210 valence electrons. The van der Waals surface area contributed by atoms with E-state index in [0.29, 0.717) is 6.04 Å². The number of aromatic amines is 2. The van der Waals surface area contributed by atoms with Gasteiger partial charge in [0.25, 0.3) is 0 Å². The van der Waals surface area contributed by atoms with E-state index in [1.807, 2.05) is 12.4 Å². The first-order valence-corrected chi connectivity index (χ1v) is 14.4. The number of carbonyl (C=O) groups is 1. The summed E-state index contributed by atoms with van der Waals surface area (Å²) >= 11 is 0. The molecule has 2 aliphatic rings. The second-order valence-corrected chi connectivity index (χ2v) is 11.5. The monoisotopic (exact) mass is 533 g/mol. The molecule has 3 aromatic rings. The van der Waals surface area contributed by atoms with Gasteiger partial charge in [-0.15, -0.1) is 0 Å². The second-order valence-electron chi connectivity index (χ2n) is 11.5. The molecule has 4 heterocycles. The number of hydrogen-bond acceptors (Lipinski definition) is 6. The van der Waals surface area contributed by atoms with Crippen LogP contribution in [0.25, 0.3) is 0 Å². The first kappa shape index (κ1) is 27.6. The molecule has 2 saturated heterocycles. The van der Waals surface area contributed by atoms with Crippen molar-refractivity contribution in [1.82, 2.24) is 34.6 Å². The molecule has 0 bridgehead atoms. The van der Waals surface area contributed by atoms with Gasteiger partial charge in [0, 0.05) is 50.5 Å². The highest BCUT2D eigenvalue weighted by molar-refractivity contribution is 5.74. The normalized spacial score (nSPS) is 19.9. The van der Waals surface area contributed by atoms with E-state index < -0.39 is 5.97 Å². The molecule has 1 spiro atoms. The fourth-order valence-electron chi connectivity index (χ4n) is 6.63. The Bertz CT molecular complexity index is 1110. The summed E-state index contributed by atoms with van der Waals surface area (Å²) in [6, 6.07) is 9.02. The lowest BCUT2D eigenvalue weighted by atomic mass is 9.76. The number of aromatic nitrogens is 4. The highest BCUT2D eigenvalue weighted by Gasteiger charge is 2.49. The Hall–Kier alpha value is -3.01. The highest BCUT2D eigenvalue weighted by Crippen LogP contribution is 2.45. The van der Waals surface area contributed by atoms with E-state index in [2.05, 4.69) is 72.7 Å². The summed E-state index contributed by atoms with van der Waals surface area (Å²) in [7, 11) is 0. The van der Waals surface area contributed by atoms with Crippen molar-refractivity contribution in [2.24, 2.45) is 5.41 Å². The Morgan fingerprint density at radius 3 is 2.10 bits per heavy atom. The average Bonchev–Trinajstić information content (AvgIpc) is 3.70. The lowest BCUT2D eigenvalue weighted by Gasteiger charge is -2.40. The van der Waals surface area contributed by atoms with E-state index in [1.165, 1.54) is 11.1 Å². The number of hydrogen-bond donors (Lipinski definition) is 3. The Labute approximate surface area is 231 Å². The van der Waals surface area contributed by atoms with E-state index in [0.717, 1.165) is 89.6 Å². The van der Waals surface area contributed by atoms with E-state index >= 15 is 0 Å². The van der Waals surface area contributed by atoms with E-state index in [1.54, 1.807) is 12.4 Å². The maximum atomic E-state index is 12.1. The molecule has 3 N–H and O–H groups in total. The van der Waals surface area contributed by atoms with E-state index in [9.17, 15) is 9.90 Å². The first-order chi connectivity index (χ1) is 19.0. The Kier molecular flexibility index (Phi) is 8.79. The minimum absolute atomic E-state index is 0.150. The number of carboxylic acids is 1. The zero-order valence-electron chi connectivity index (χ0n) is 23.4. The van der Waals surface area contributed by atoms with Gasteiger partial charge in [-0.3, -0.25) is 19.5 Å². The molecule has 0 saturated carbocycles. The summed E-state index contributed by atoms with van der Waals surface area (Å²) in [5, 5.41) is 9.92. The topological polar surface area (TPSA) is 104 Å². The SMILES string of the molecule is CCC(CC)N1CC2(CCN(Cc3ccc(CN(Cc4ncc[nH]4)Cc4ncc[nH]4)cc3)CC2)CC1C(=O)O. The van der Waals surface area contributed by atoms with Crippen LogP contribution in [-0.2, 0) is 31.0 Å². The van der Waals surface area contributed by atoms with Crippen molar-refractivity contribution in [1.29, 1.82) is 0 Å². The number of H-pyrrole nitrogens is 2. The maximum Gasteiger partial charge on any atom is 0.320 e. The van der Waals surface area contributed by atoms with Crippen LogP contribution in [0, 0.1) is 5.41 Å². The summed E-state index contributed by atoms with van der Waals surface area (Å²) in [5.41, 5.74) is 2.74. The molecule has 0 amide bonds. The molecule has 1 aromatic carbocycles. The van der Waals surface area contributed by atoms with Gasteiger partial charge in [-0.05, 0) is 61.7 Å². The van der Waals surface area contributed by atoms with Gasteiger partial charge in [0.1, 0.15) is 17.7 Å². The smallest absolute Gasteiger partial charge is 0.320 e. The number of benzene rings is 1. The van der Waals surface area contributed by atoms with E-state index in [4.69, 9.17) is 0 Å². The summed E-state index contributed by atoms with van der Waals surface area (Å²) in [6.07, 6.45) is 12.3. The largest absolute Gasteiger partial charge is 0.480 e. The first-order valence-electron chi connectivity index (χ1n) is 14.4. The molecule has 0 aliphatic carbocycles. The molecule has 5 rings (SSSR count). The summed E-state index contributed by atoms with van der Waals surface area (Å²) in [5.74, 6) is 1.25. The molecule has 9 heteroatoms. The van der Waals surface area contributed by atoms with Crippen LogP contribution in [0.15, 0.2) is 49.1 Å². The molecule has 39 heavy (non-hydrogen) atoms. The lowest BCUT2D eigenvalue weighted by molar-refractivity contribution is -0.143. The standard InChI is InChI=1S/C30H43N7O2/c1-3-25(4-2)37-22-30(17-26(37)29(38)39)9-15-35(16-10-30)18-23-5-7-24(8-6-23)19-36(20-27-31-11-12-32-27)21-28-33-13-14-34-28/h5-8,11-14,25-26H,3-4,9-10,15-22H2,1-2H3,(H,31,32)(H,33,34)(H,38,39). The number of aliphatic carboxylic acids is 1. The van der Waals surface area contributed by atoms with Gasteiger partial charge in [-0.25, -0.2) is 9.97 Å². The number of nitrogens with zero attached hydrogens (tertiary/aromatic N) is 5. The molecule has 2 aromatic heterocycles. The number of carboxylic acid groups (broad SMARTS) is 1. The minimum atomic E-state index is -0.645. The van der Waals surface area contributed by atoms with Gasteiger partial charge in [-0.2, -0.15) is 0 Å². The summed E-state index contributed by atoms with van der Waals surface area (Å²) < 4.78 is 0. The van der Waals surface area contributed by atoms with Crippen LogP contribution in [0.3, 0.4) is 0 Å². The third-order valence-electron chi connectivity index (χ3n) is 8.85. The van der Waals surface area contributed by atoms with Crippen molar-refractivity contribution < 1.29 is 9.90 Å². The van der Waals surface area contributed by atoms with Crippen LogP contribution in [0.5, 0.6) is 0 Å². The zero-order chi connectivity index (χ0) is 27.2. The number of imidazole rings is 2. The van der Waals surface area contributed by atoms with Crippen LogP contribution in [0.1, 0.15) is 68.7 Å². The van der Waals surface area contributed by atoms with Gasteiger partial charge < -0.3 is 15.1 Å². The summed E-state index contributed by atoms with van der Waals surface area (Å²) in [4.78, 5) is 34.5. The molecular formula is C30H43N7O2. The maximum absolute atomic E-state index is 12.1. The second kappa shape index (κ2) is 12.4. The van der Waals surface area contributed by atoms with Crippen molar-refractivity contribution in [2.45, 2.75) is 84.2 Å². The molecule has 2 aliphatic heterocycles. The van der Waals surface area contributed by atoms with Gasteiger partial charge in [0.05, 0.1) is 13.1 Å².